The van der Waals surface area contributed by atoms with Crippen LogP contribution in [0.2, 0.25) is 0 Å². The van der Waals surface area contributed by atoms with Crippen LogP contribution in [0.3, 0.4) is 0 Å². The lowest BCUT2D eigenvalue weighted by molar-refractivity contribution is -0.144. The van der Waals surface area contributed by atoms with E-state index in [1.165, 1.54) is 13.2 Å². The molecule has 0 unspecified atom stereocenters. The van der Waals surface area contributed by atoms with Gasteiger partial charge in [0.2, 0.25) is 15.9 Å². The third-order valence-corrected chi connectivity index (χ3v) is 5.03. The van der Waals surface area contributed by atoms with Crippen LogP contribution >= 0.6 is 0 Å². The van der Waals surface area contributed by atoms with Gasteiger partial charge in [-0.1, -0.05) is 18.2 Å². The summed E-state index contributed by atoms with van der Waals surface area (Å²) in [5.74, 6) is -1.41. The van der Waals surface area contributed by atoms with Crippen LogP contribution in [0.5, 0.6) is 5.75 Å². The molecule has 164 valence electrons. The van der Waals surface area contributed by atoms with Crippen molar-refractivity contribution in [2.75, 3.05) is 12.4 Å². The Morgan fingerprint density at radius 3 is 2.55 bits per heavy atom. The summed E-state index contributed by atoms with van der Waals surface area (Å²) in [5, 5.41) is 11.0. The van der Waals surface area contributed by atoms with E-state index in [1.54, 1.807) is 24.3 Å². The number of para-hydroxylation sites is 1. The highest BCUT2D eigenvalue weighted by atomic mass is 32.2. The van der Waals surface area contributed by atoms with Gasteiger partial charge in [-0.2, -0.15) is 13.2 Å². The van der Waals surface area contributed by atoms with Gasteiger partial charge in [0.05, 0.1) is 19.2 Å². The first kappa shape index (κ1) is 22.2. The summed E-state index contributed by atoms with van der Waals surface area (Å²) in [7, 11) is -2.92. The third-order valence-electron chi connectivity index (χ3n) is 4.09. The Morgan fingerprint density at radius 2 is 1.94 bits per heavy atom. The number of ether oxygens (including phenoxy) is 1. The average molecular weight is 455 g/mol. The van der Waals surface area contributed by atoms with E-state index in [1.807, 2.05) is 0 Å². The van der Waals surface area contributed by atoms with Crippen molar-refractivity contribution in [2.45, 2.75) is 17.5 Å². The Balaban J connectivity index is 1.90. The van der Waals surface area contributed by atoms with Gasteiger partial charge in [0.25, 0.3) is 5.82 Å². The molecule has 0 aliphatic carbocycles. The number of carbonyl (C=O) groups is 1. The molecule has 0 bridgehead atoms. The van der Waals surface area contributed by atoms with E-state index < -0.39 is 32.8 Å². The standard InChI is InChI=1S/C18H16F3N5O4S/c1-30-14-5-3-2-4-11(14)8-16(27)24-12-6-7-13(15(9-12)31(22,28)29)26-10-23-17(25-26)18(19,20)21/h2-7,9-10H,8H2,1H3,(H,24,27)(H2,22,28,29). The number of alkyl halides is 3. The largest absolute Gasteiger partial charge is 0.496 e. The molecule has 1 heterocycles. The second-order valence-electron chi connectivity index (χ2n) is 6.27. The predicted octanol–water partition coefficient (Wildman–Crippen LogP) is 2.12. The predicted molar refractivity (Wildman–Crippen MR) is 103 cm³/mol. The van der Waals surface area contributed by atoms with Crippen molar-refractivity contribution in [1.29, 1.82) is 0 Å². The first-order valence-electron chi connectivity index (χ1n) is 8.57. The second-order valence-corrected chi connectivity index (χ2v) is 7.80. The first-order chi connectivity index (χ1) is 14.5. The molecule has 2 aromatic carbocycles. The quantitative estimate of drug-likeness (QED) is 0.586. The van der Waals surface area contributed by atoms with Gasteiger partial charge >= 0.3 is 6.18 Å². The molecule has 0 spiro atoms. The Labute approximate surface area is 174 Å². The fraction of sp³-hybridized carbons (Fsp3) is 0.167. The first-order valence-corrected chi connectivity index (χ1v) is 10.1. The smallest absolute Gasteiger partial charge is 0.453 e. The fourth-order valence-electron chi connectivity index (χ4n) is 2.75. The lowest BCUT2D eigenvalue weighted by Crippen LogP contribution is -2.18. The molecule has 3 rings (SSSR count). The number of methoxy groups -OCH3 is 1. The number of carbonyl (C=O) groups excluding carboxylic acids is 1. The van der Waals surface area contributed by atoms with E-state index in [0.717, 1.165) is 12.1 Å². The number of nitrogens with zero attached hydrogens (tertiary/aromatic N) is 3. The maximum Gasteiger partial charge on any atom is 0.453 e. The Morgan fingerprint density at radius 1 is 1.23 bits per heavy atom. The Kier molecular flexibility index (Phi) is 5.99. The minimum atomic E-state index is -4.81. The van der Waals surface area contributed by atoms with Crippen molar-refractivity contribution in [2.24, 2.45) is 5.14 Å². The highest BCUT2D eigenvalue weighted by molar-refractivity contribution is 7.89. The summed E-state index contributed by atoms with van der Waals surface area (Å²) in [5.41, 5.74) is 0.421. The molecule has 9 nitrogen and oxygen atoms in total. The highest BCUT2D eigenvalue weighted by Gasteiger charge is 2.36. The summed E-state index contributed by atoms with van der Waals surface area (Å²) in [6.45, 7) is 0. The zero-order chi connectivity index (χ0) is 22.8. The molecule has 31 heavy (non-hydrogen) atoms. The molecule has 0 aliphatic rings. The van der Waals surface area contributed by atoms with E-state index in [-0.39, 0.29) is 17.8 Å². The second kappa shape index (κ2) is 8.35. The molecule has 0 aliphatic heterocycles. The molecule has 3 N–H and O–H groups in total. The van der Waals surface area contributed by atoms with Gasteiger partial charge in [0.1, 0.15) is 17.0 Å². The summed E-state index contributed by atoms with van der Waals surface area (Å²) < 4.78 is 68.1. The number of nitrogens with two attached hydrogens (primary N) is 1. The lowest BCUT2D eigenvalue weighted by atomic mass is 10.1. The van der Waals surface area contributed by atoms with Gasteiger partial charge in [0.15, 0.2) is 0 Å². The van der Waals surface area contributed by atoms with E-state index >= 15 is 0 Å². The van der Waals surface area contributed by atoms with E-state index in [9.17, 15) is 26.4 Å². The number of hydrogen-bond donors (Lipinski definition) is 2. The van der Waals surface area contributed by atoms with Crippen molar-refractivity contribution < 1.29 is 31.1 Å². The molecule has 0 atom stereocenters. The molecule has 1 aromatic heterocycles. The van der Waals surface area contributed by atoms with Gasteiger partial charge in [-0.15, -0.1) is 5.10 Å². The summed E-state index contributed by atoms with van der Waals surface area (Å²) >= 11 is 0. The fourth-order valence-corrected chi connectivity index (χ4v) is 3.49. The summed E-state index contributed by atoms with van der Waals surface area (Å²) in [6, 6.07) is 10.3. The van der Waals surface area contributed by atoms with Crippen LogP contribution in [0.4, 0.5) is 18.9 Å². The molecule has 0 saturated heterocycles. The van der Waals surface area contributed by atoms with Crippen LogP contribution in [0, 0.1) is 0 Å². The van der Waals surface area contributed by atoms with E-state index in [4.69, 9.17) is 9.88 Å². The maximum atomic E-state index is 12.8. The minimum Gasteiger partial charge on any atom is -0.496 e. The SMILES string of the molecule is COc1ccccc1CC(=O)Nc1ccc(-n2cnc(C(F)(F)F)n2)c(S(N)(=O)=O)c1. The van der Waals surface area contributed by atoms with Crippen molar-refractivity contribution in [3.63, 3.8) is 0 Å². The summed E-state index contributed by atoms with van der Waals surface area (Å²) in [4.78, 5) is 15.0. The van der Waals surface area contributed by atoms with Gasteiger partial charge in [-0.3, -0.25) is 4.79 Å². The zero-order valence-electron chi connectivity index (χ0n) is 15.9. The number of aromatic nitrogens is 3. The van der Waals surface area contributed by atoms with Crippen LogP contribution < -0.4 is 15.2 Å². The normalized spacial score (nSPS) is 11.9. The van der Waals surface area contributed by atoms with Crippen LogP contribution in [0.25, 0.3) is 5.69 Å². The molecule has 0 radical (unpaired) electrons. The van der Waals surface area contributed by atoms with Gasteiger partial charge in [0, 0.05) is 11.3 Å². The average Bonchev–Trinajstić information content (AvgIpc) is 3.18. The number of benzene rings is 2. The number of anilines is 1. The molecular weight excluding hydrogens is 439 g/mol. The van der Waals surface area contributed by atoms with Crippen LogP contribution in [0.1, 0.15) is 11.4 Å². The van der Waals surface area contributed by atoms with Crippen LogP contribution in [-0.2, 0) is 27.4 Å². The van der Waals surface area contributed by atoms with E-state index in [2.05, 4.69) is 15.4 Å². The van der Waals surface area contributed by atoms with E-state index in [0.29, 0.717) is 22.3 Å². The maximum absolute atomic E-state index is 12.8. The lowest BCUT2D eigenvalue weighted by Gasteiger charge is -2.12. The molecule has 3 aromatic rings. The van der Waals surface area contributed by atoms with Crippen molar-refractivity contribution in [3.05, 3.63) is 60.2 Å². The topological polar surface area (TPSA) is 129 Å². The number of rotatable bonds is 6. The minimum absolute atomic E-state index is 0.0610. The van der Waals surface area contributed by atoms with Crippen molar-refractivity contribution in [1.82, 2.24) is 14.8 Å². The van der Waals surface area contributed by atoms with Crippen LogP contribution in [-0.4, -0.2) is 36.2 Å². The Hall–Kier alpha value is -3.45. The molecule has 13 heteroatoms. The zero-order valence-corrected chi connectivity index (χ0v) is 16.7. The van der Waals surface area contributed by atoms with Gasteiger partial charge < -0.3 is 10.1 Å². The molecule has 0 saturated carbocycles. The van der Waals surface area contributed by atoms with Crippen LogP contribution in [0.15, 0.2) is 53.7 Å². The summed E-state index contributed by atoms with van der Waals surface area (Å²) in [6.07, 6.45) is -4.15. The number of nitrogens with one attached hydrogen (secondary N) is 1. The number of primary sulfonamides is 1. The molecular formula is C18H16F3N5O4S. The number of sulfonamides is 1. The molecule has 1 amide bonds. The van der Waals surface area contributed by atoms with Crippen molar-refractivity contribution >= 4 is 21.6 Å². The number of halogens is 3. The highest BCUT2D eigenvalue weighted by Crippen LogP contribution is 2.28. The van der Waals surface area contributed by atoms with Crippen molar-refractivity contribution in [3.8, 4) is 11.4 Å². The number of amides is 1. The Bertz CT molecular complexity index is 1220. The van der Waals surface area contributed by atoms with Gasteiger partial charge in [-0.25, -0.2) is 23.2 Å². The van der Waals surface area contributed by atoms with Gasteiger partial charge in [-0.05, 0) is 24.3 Å². The third kappa shape index (κ3) is 5.19. The molecule has 0 fully saturated rings. The monoisotopic (exact) mass is 455 g/mol. The number of hydrogen-bond acceptors (Lipinski definition) is 6.